The number of benzene rings is 4. The van der Waals surface area contributed by atoms with Gasteiger partial charge < -0.3 is 50.7 Å². The van der Waals surface area contributed by atoms with Crippen LogP contribution in [0.25, 0.3) is 33.4 Å². The molecule has 0 unspecified atom stereocenters. The van der Waals surface area contributed by atoms with Crippen LogP contribution in [0.2, 0.25) is 0 Å². The Morgan fingerprint density at radius 3 is 1.22 bits per heavy atom. The van der Waals surface area contributed by atoms with E-state index in [9.17, 15) is 49.8 Å². The average Bonchev–Trinajstić information content (AvgIpc) is 3.19. The number of aryl methyl sites for hydroxylation is 2. The summed E-state index contributed by atoms with van der Waals surface area (Å²) < 4.78 is 9.38. The molecular formula is C46H44N2O12. The molecule has 4 aromatic carbocycles. The van der Waals surface area contributed by atoms with Crippen molar-refractivity contribution in [3.63, 3.8) is 0 Å². The Balaban J connectivity index is 1.57. The maximum atomic E-state index is 14.0. The van der Waals surface area contributed by atoms with Crippen LogP contribution in [0.3, 0.4) is 0 Å². The molecule has 0 radical (unpaired) electrons. The number of esters is 2. The number of methoxy groups -OCH3 is 2. The van der Waals surface area contributed by atoms with Gasteiger partial charge in [0.1, 0.15) is 34.1 Å². The van der Waals surface area contributed by atoms with E-state index in [2.05, 4.69) is 10.6 Å². The number of ketones is 2. The summed E-state index contributed by atoms with van der Waals surface area (Å²) in [5.41, 5.74) is 2.42. The standard InChI is InChI=1S/C46H44N2O12/c1-19(2)33-27-13-21(5)35(41(53)37(27)29(39(51)43(33)55)17-47-23-9-11-25(31(49)15-23)45(57)59-7)36-22(6)14-28-34(20(3)4)44(56)40(52)30(38(28)42(36)54)18-48-24-10-12-26(32(50)16-24)46(58)60-8/h9-20,47-50,53-56H,1-8H3/b29-17-,30-18-. The molecule has 8 N–H and O–H groups in total. The molecule has 0 aromatic heterocycles. The number of Topliss-reactive ketones (excluding diaryl/α,β-unsaturated/α-hetero) is 2. The van der Waals surface area contributed by atoms with Gasteiger partial charge in [0.2, 0.25) is 11.6 Å². The van der Waals surface area contributed by atoms with Gasteiger partial charge in [0.05, 0.1) is 25.4 Å². The third-order valence-corrected chi connectivity index (χ3v) is 10.5. The zero-order valence-corrected chi connectivity index (χ0v) is 34.1. The molecule has 4 aromatic rings. The van der Waals surface area contributed by atoms with Gasteiger partial charge in [0.15, 0.2) is 11.5 Å². The molecule has 0 atom stereocenters. The lowest BCUT2D eigenvalue weighted by molar-refractivity contribution is -0.113. The number of ether oxygens (including phenoxy) is 2. The zero-order valence-electron chi connectivity index (χ0n) is 34.1. The topological polar surface area (TPSA) is 232 Å². The molecule has 0 fully saturated rings. The molecule has 2 aliphatic carbocycles. The van der Waals surface area contributed by atoms with Crippen LogP contribution in [-0.4, -0.2) is 68.4 Å². The molecule has 0 bridgehead atoms. The fourth-order valence-electron chi connectivity index (χ4n) is 7.75. The third kappa shape index (κ3) is 7.05. The van der Waals surface area contributed by atoms with Crippen molar-refractivity contribution in [2.75, 3.05) is 24.9 Å². The van der Waals surface area contributed by atoms with E-state index in [-0.39, 0.29) is 78.9 Å². The van der Waals surface area contributed by atoms with E-state index in [1.807, 2.05) is 0 Å². The molecule has 0 aliphatic heterocycles. The van der Waals surface area contributed by atoms with E-state index in [4.69, 9.17) is 9.47 Å². The van der Waals surface area contributed by atoms with Gasteiger partial charge in [-0.3, -0.25) is 9.59 Å². The highest BCUT2D eigenvalue weighted by Gasteiger charge is 2.38. The lowest BCUT2D eigenvalue weighted by Gasteiger charge is -2.29. The number of carbonyl (C=O) groups excluding carboxylic acids is 4. The van der Waals surface area contributed by atoms with Crippen molar-refractivity contribution in [3.05, 3.63) is 117 Å². The summed E-state index contributed by atoms with van der Waals surface area (Å²) in [6.07, 6.45) is 2.51. The number of phenolic OH excluding ortho intramolecular Hbond substituents is 4. The van der Waals surface area contributed by atoms with Crippen LogP contribution in [-0.2, 0) is 19.1 Å². The number of aliphatic hydroxyl groups excluding tert-OH is 2. The minimum Gasteiger partial charge on any atom is -0.507 e. The summed E-state index contributed by atoms with van der Waals surface area (Å²) in [5.74, 6) is -6.63. The summed E-state index contributed by atoms with van der Waals surface area (Å²) in [4.78, 5) is 52.0. The number of carbonyl (C=O) groups is 4. The Bertz CT molecular complexity index is 2500. The first kappa shape index (κ1) is 42.1. The number of aromatic hydroxyl groups is 4. The number of aliphatic hydroxyl groups is 2. The Labute approximate surface area is 345 Å². The lowest BCUT2D eigenvalue weighted by Crippen LogP contribution is -2.20. The second kappa shape index (κ2) is 16.0. The van der Waals surface area contributed by atoms with Gasteiger partial charge in [-0.15, -0.1) is 0 Å². The van der Waals surface area contributed by atoms with Gasteiger partial charge in [0, 0.05) is 69.3 Å². The normalized spacial score (nSPS) is 15.2. The maximum Gasteiger partial charge on any atom is 0.341 e. The van der Waals surface area contributed by atoms with Crippen molar-refractivity contribution in [2.24, 2.45) is 11.8 Å². The number of hydrogen-bond donors (Lipinski definition) is 8. The Morgan fingerprint density at radius 2 is 0.917 bits per heavy atom. The second-order valence-electron chi connectivity index (χ2n) is 15.0. The summed E-state index contributed by atoms with van der Waals surface area (Å²) in [6, 6.07) is 11.4. The highest BCUT2D eigenvalue weighted by Crippen LogP contribution is 2.53. The Kier molecular flexibility index (Phi) is 11.3. The molecule has 0 saturated carbocycles. The quantitative estimate of drug-likeness (QED) is 0.0587. The van der Waals surface area contributed by atoms with Crippen LogP contribution in [0.1, 0.15) is 81.8 Å². The van der Waals surface area contributed by atoms with Crippen molar-refractivity contribution in [1.82, 2.24) is 0 Å². The van der Waals surface area contributed by atoms with E-state index in [0.29, 0.717) is 22.3 Å². The molecule has 14 nitrogen and oxygen atoms in total. The van der Waals surface area contributed by atoms with Crippen LogP contribution >= 0.6 is 0 Å². The molecule has 310 valence electrons. The fraction of sp³-hybridized carbons (Fsp3) is 0.217. The van der Waals surface area contributed by atoms with Crippen molar-refractivity contribution in [3.8, 4) is 34.1 Å². The van der Waals surface area contributed by atoms with Gasteiger partial charge in [0.25, 0.3) is 0 Å². The molecule has 0 heterocycles. The van der Waals surface area contributed by atoms with E-state index < -0.39 is 58.0 Å². The molecule has 60 heavy (non-hydrogen) atoms. The second-order valence-corrected chi connectivity index (χ2v) is 15.0. The largest absolute Gasteiger partial charge is 0.507 e. The molecule has 0 amide bonds. The first-order chi connectivity index (χ1) is 28.3. The minimum absolute atomic E-state index is 0.0330. The van der Waals surface area contributed by atoms with Crippen LogP contribution < -0.4 is 10.6 Å². The smallest absolute Gasteiger partial charge is 0.341 e. The summed E-state index contributed by atoms with van der Waals surface area (Å²) in [5, 5.41) is 74.1. The number of hydrogen-bond acceptors (Lipinski definition) is 14. The minimum atomic E-state index is -0.819. The van der Waals surface area contributed by atoms with Gasteiger partial charge in [-0.1, -0.05) is 39.8 Å². The summed E-state index contributed by atoms with van der Waals surface area (Å²) in [7, 11) is 2.34. The Morgan fingerprint density at radius 1 is 0.567 bits per heavy atom. The maximum absolute atomic E-state index is 14.0. The number of phenols is 4. The number of rotatable bonds is 9. The Hall–Kier alpha value is -7.48. The van der Waals surface area contributed by atoms with Gasteiger partial charge >= 0.3 is 11.9 Å². The average molecular weight is 817 g/mol. The summed E-state index contributed by atoms with van der Waals surface area (Å²) in [6.45, 7) is 10.5. The van der Waals surface area contributed by atoms with Crippen molar-refractivity contribution >= 4 is 57.2 Å². The highest BCUT2D eigenvalue weighted by atomic mass is 16.5. The number of nitrogens with one attached hydrogen (secondary N) is 2. The fourth-order valence-corrected chi connectivity index (χ4v) is 7.75. The molecule has 14 heteroatoms. The number of anilines is 2. The van der Waals surface area contributed by atoms with Gasteiger partial charge in [-0.25, -0.2) is 9.59 Å². The predicted molar refractivity (Wildman–Crippen MR) is 226 cm³/mol. The molecule has 6 rings (SSSR count). The molecule has 2 aliphatic rings. The lowest BCUT2D eigenvalue weighted by atomic mass is 9.75. The first-order valence-electron chi connectivity index (χ1n) is 18.8. The van der Waals surface area contributed by atoms with Crippen molar-refractivity contribution in [2.45, 2.75) is 41.5 Å². The summed E-state index contributed by atoms with van der Waals surface area (Å²) >= 11 is 0. The zero-order chi connectivity index (χ0) is 44.1. The third-order valence-electron chi connectivity index (χ3n) is 10.5. The van der Waals surface area contributed by atoms with Crippen LogP contribution in [0.4, 0.5) is 11.4 Å². The molecule has 0 spiro atoms. The molecule has 0 saturated heterocycles. The van der Waals surface area contributed by atoms with Gasteiger partial charge in [-0.05, 0) is 72.2 Å². The number of allylic oxidation sites excluding steroid dienone is 4. The molecular weight excluding hydrogens is 773 g/mol. The van der Waals surface area contributed by atoms with E-state index in [0.717, 1.165) is 0 Å². The SMILES string of the molecule is COC(=O)c1ccc(N/C=C2\C(=O)C(O)=C(C(C)C)c3cc(C)c(-c4c(C)cc5c(c4O)/C(=C/Nc4ccc(C(=O)OC)c(O)c4)C(=O)C(O)=C5C(C)C)c(O)c32)cc1O. The van der Waals surface area contributed by atoms with Crippen LogP contribution in [0.5, 0.6) is 23.0 Å². The van der Waals surface area contributed by atoms with Gasteiger partial charge in [-0.2, -0.15) is 0 Å². The van der Waals surface area contributed by atoms with Crippen LogP contribution in [0.15, 0.2) is 72.4 Å². The van der Waals surface area contributed by atoms with Crippen molar-refractivity contribution in [1.29, 1.82) is 0 Å². The number of fused-ring (bicyclic) bond motifs is 2. The highest BCUT2D eigenvalue weighted by molar-refractivity contribution is 6.35. The monoisotopic (exact) mass is 816 g/mol. The van der Waals surface area contributed by atoms with Crippen molar-refractivity contribution < 1.29 is 59.3 Å². The first-order valence-corrected chi connectivity index (χ1v) is 18.8. The van der Waals surface area contributed by atoms with E-state index in [1.54, 1.807) is 53.7 Å². The van der Waals surface area contributed by atoms with E-state index in [1.165, 1.54) is 63.0 Å². The van der Waals surface area contributed by atoms with Crippen LogP contribution in [0, 0.1) is 25.7 Å². The van der Waals surface area contributed by atoms with E-state index >= 15 is 0 Å². The predicted octanol–water partition coefficient (Wildman–Crippen LogP) is 8.29.